The highest BCUT2D eigenvalue weighted by Gasteiger charge is 2.36. The second kappa shape index (κ2) is 8.89. The van der Waals surface area contributed by atoms with Crippen LogP contribution in [0.15, 0.2) is 18.2 Å². The van der Waals surface area contributed by atoms with Gasteiger partial charge < -0.3 is 22.8 Å². The van der Waals surface area contributed by atoms with Crippen LogP contribution in [-0.4, -0.2) is 43.2 Å². The van der Waals surface area contributed by atoms with E-state index in [0.29, 0.717) is 11.5 Å². The van der Waals surface area contributed by atoms with Crippen molar-refractivity contribution in [1.82, 2.24) is 0 Å². The molecule has 0 aliphatic carbocycles. The number of rotatable bonds is 9. The standard InChI is InChI=1S/C15H24O6Si/c1-12(16)21-14-9-8-13(11-15(14)17-2)7-6-10-22(18-3,19-4)20-5/h8-9,11H,6-7,10H2,1-5H3. The molecular weight excluding hydrogens is 304 g/mol. The number of esters is 1. The lowest BCUT2D eigenvalue weighted by Gasteiger charge is -2.24. The van der Waals surface area contributed by atoms with Gasteiger partial charge in [-0.05, 0) is 30.5 Å². The Labute approximate surface area is 132 Å². The molecule has 1 rings (SSSR count). The second-order valence-corrected chi connectivity index (χ2v) is 7.82. The van der Waals surface area contributed by atoms with Gasteiger partial charge in [-0.1, -0.05) is 6.07 Å². The summed E-state index contributed by atoms with van der Waals surface area (Å²) in [7, 11) is 3.84. The Balaban J connectivity index is 2.69. The summed E-state index contributed by atoms with van der Waals surface area (Å²) in [5, 5.41) is 0. The van der Waals surface area contributed by atoms with Crippen LogP contribution < -0.4 is 9.47 Å². The van der Waals surface area contributed by atoms with Crippen LogP contribution in [0.2, 0.25) is 6.04 Å². The topological polar surface area (TPSA) is 63.2 Å². The van der Waals surface area contributed by atoms with Crippen LogP contribution >= 0.6 is 0 Å². The molecular formula is C15H24O6Si. The van der Waals surface area contributed by atoms with Crippen LogP contribution in [0.4, 0.5) is 0 Å². The lowest BCUT2D eigenvalue weighted by Crippen LogP contribution is -2.42. The van der Waals surface area contributed by atoms with E-state index in [-0.39, 0.29) is 5.97 Å². The van der Waals surface area contributed by atoms with Gasteiger partial charge in [-0.3, -0.25) is 4.79 Å². The SMILES string of the molecule is COc1cc(CCC[Si](OC)(OC)OC)ccc1OC(C)=O. The molecule has 0 radical (unpaired) electrons. The minimum absolute atomic E-state index is 0.373. The van der Waals surface area contributed by atoms with E-state index in [0.717, 1.165) is 24.4 Å². The summed E-state index contributed by atoms with van der Waals surface area (Å²) in [6.07, 6.45) is 1.68. The van der Waals surface area contributed by atoms with Gasteiger partial charge in [0.25, 0.3) is 0 Å². The van der Waals surface area contributed by atoms with Gasteiger partial charge in [0.2, 0.25) is 0 Å². The molecule has 6 nitrogen and oxygen atoms in total. The summed E-state index contributed by atoms with van der Waals surface area (Å²) in [6.45, 7) is 1.36. The summed E-state index contributed by atoms with van der Waals surface area (Å²) in [5.74, 6) is 0.594. The minimum atomic E-state index is -2.53. The molecule has 0 bridgehead atoms. The predicted octanol–water partition coefficient (Wildman–Crippen LogP) is 2.43. The summed E-state index contributed by atoms with van der Waals surface area (Å²) in [5.41, 5.74) is 1.08. The quantitative estimate of drug-likeness (QED) is 0.394. The lowest BCUT2D eigenvalue weighted by molar-refractivity contribution is -0.132. The number of hydrogen-bond acceptors (Lipinski definition) is 6. The third-order valence-electron chi connectivity index (χ3n) is 3.36. The summed E-state index contributed by atoms with van der Waals surface area (Å²) in [6, 6.07) is 6.25. The van der Waals surface area contributed by atoms with E-state index in [1.54, 1.807) is 34.5 Å². The molecule has 0 spiro atoms. The Kier molecular flexibility index (Phi) is 7.53. The van der Waals surface area contributed by atoms with Crippen molar-refractivity contribution in [3.05, 3.63) is 23.8 Å². The fourth-order valence-electron chi connectivity index (χ4n) is 2.17. The van der Waals surface area contributed by atoms with Crippen LogP contribution in [0.5, 0.6) is 11.5 Å². The zero-order valence-corrected chi connectivity index (χ0v) is 14.8. The summed E-state index contributed by atoms with van der Waals surface area (Å²) >= 11 is 0. The summed E-state index contributed by atoms with van der Waals surface area (Å²) < 4.78 is 26.5. The predicted molar refractivity (Wildman–Crippen MR) is 84.2 cm³/mol. The van der Waals surface area contributed by atoms with Crippen molar-refractivity contribution in [2.45, 2.75) is 25.8 Å². The Hall–Kier alpha value is -1.41. The van der Waals surface area contributed by atoms with Gasteiger partial charge in [0.1, 0.15) is 0 Å². The smallest absolute Gasteiger partial charge is 0.493 e. The Morgan fingerprint density at radius 2 is 1.68 bits per heavy atom. The van der Waals surface area contributed by atoms with E-state index in [1.807, 2.05) is 12.1 Å². The molecule has 1 aromatic rings. The first kappa shape index (κ1) is 18.6. The number of carbonyl (C=O) groups excluding carboxylic acids is 1. The lowest BCUT2D eigenvalue weighted by atomic mass is 10.1. The highest BCUT2D eigenvalue weighted by molar-refractivity contribution is 6.60. The average Bonchev–Trinajstić information content (AvgIpc) is 2.53. The van der Waals surface area contributed by atoms with Crippen LogP contribution in [-0.2, 0) is 24.5 Å². The van der Waals surface area contributed by atoms with Gasteiger partial charge in [0.05, 0.1) is 7.11 Å². The number of hydrogen-bond donors (Lipinski definition) is 0. The van der Waals surface area contributed by atoms with Crippen molar-refractivity contribution in [3.63, 3.8) is 0 Å². The molecule has 0 saturated carbocycles. The first-order chi connectivity index (χ1) is 10.5. The molecule has 0 aliphatic rings. The molecule has 22 heavy (non-hydrogen) atoms. The summed E-state index contributed by atoms with van der Waals surface area (Å²) in [4.78, 5) is 11.0. The van der Waals surface area contributed by atoms with Crippen LogP contribution in [0.25, 0.3) is 0 Å². The van der Waals surface area contributed by atoms with E-state index < -0.39 is 8.80 Å². The van der Waals surface area contributed by atoms with Crippen molar-refractivity contribution in [3.8, 4) is 11.5 Å². The zero-order valence-electron chi connectivity index (χ0n) is 13.8. The van der Waals surface area contributed by atoms with Crippen LogP contribution in [0.1, 0.15) is 18.9 Å². The van der Waals surface area contributed by atoms with E-state index in [4.69, 9.17) is 22.8 Å². The first-order valence-electron chi connectivity index (χ1n) is 7.01. The zero-order chi connectivity index (χ0) is 16.6. The van der Waals surface area contributed by atoms with E-state index in [2.05, 4.69) is 0 Å². The molecule has 0 aliphatic heterocycles. The van der Waals surface area contributed by atoms with Gasteiger partial charge in [0.15, 0.2) is 11.5 Å². The Bertz CT molecular complexity index is 479. The third kappa shape index (κ3) is 5.10. The first-order valence-corrected chi connectivity index (χ1v) is 8.94. The number of carbonyl (C=O) groups is 1. The number of aryl methyl sites for hydroxylation is 1. The molecule has 0 atom stereocenters. The molecule has 0 amide bonds. The highest BCUT2D eigenvalue weighted by Crippen LogP contribution is 2.29. The van der Waals surface area contributed by atoms with E-state index >= 15 is 0 Å². The third-order valence-corrected chi connectivity index (χ3v) is 6.20. The Morgan fingerprint density at radius 3 is 2.18 bits per heavy atom. The van der Waals surface area contributed by atoms with Crippen molar-refractivity contribution in [1.29, 1.82) is 0 Å². The van der Waals surface area contributed by atoms with Crippen LogP contribution in [0.3, 0.4) is 0 Å². The molecule has 0 fully saturated rings. The van der Waals surface area contributed by atoms with E-state index in [9.17, 15) is 4.79 Å². The molecule has 124 valence electrons. The molecule has 0 heterocycles. The monoisotopic (exact) mass is 328 g/mol. The largest absolute Gasteiger partial charge is 0.500 e. The molecule has 1 aromatic carbocycles. The van der Waals surface area contributed by atoms with Crippen molar-refractivity contribution in [2.24, 2.45) is 0 Å². The maximum atomic E-state index is 11.0. The van der Waals surface area contributed by atoms with Crippen LogP contribution in [0, 0.1) is 0 Å². The van der Waals surface area contributed by atoms with Gasteiger partial charge >= 0.3 is 14.8 Å². The Morgan fingerprint density at radius 1 is 1.05 bits per heavy atom. The number of benzene rings is 1. The second-order valence-electron chi connectivity index (χ2n) is 4.73. The molecule has 0 N–H and O–H groups in total. The van der Waals surface area contributed by atoms with Gasteiger partial charge in [-0.15, -0.1) is 0 Å². The number of methoxy groups -OCH3 is 1. The normalized spacial score (nSPS) is 11.3. The molecule has 7 heteroatoms. The maximum Gasteiger partial charge on any atom is 0.500 e. The van der Waals surface area contributed by atoms with Gasteiger partial charge in [0, 0.05) is 34.3 Å². The van der Waals surface area contributed by atoms with Crippen molar-refractivity contribution < 1.29 is 27.5 Å². The molecule has 0 saturated heterocycles. The highest BCUT2D eigenvalue weighted by atomic mass is 28.4. The fraction of sp³-hybridized carbons (Fsp3) is 0.533. The van der Waals surface area contributed by atoms with Gasteiger partial charge in [-0.25, -0.2) is 0 Å². The van der Waals surface area contributed by atoms with E-state index in [1.165, 1.54) is 6.92 Å². The number of ether oxygens (including phenoxy) is 2. The average molecular weight is 328 g/mol. The molecule has 0 aromatic heterocycles. The molecule has 0 unspecified atom stereocenters. The maximum absolute atomic E-state index is 11.0. The van der Waals surface area contributed by atoms with Crippen molar-refractivity contribution >= 4 is 14.8 Å². The van der Waals surface area contributed by atoms with Crippen molar-refractivity contribution in [2.75, 3.05) is 28.4 Å². The van der Waals surface area contributed by atoms with Gasteiger partial charge in [-0.2, -0.15) is 0 Å². The minimum Gasteiger partial charge on any atom is -0.493 e. The fourth-order valence-corrected chi connectivity index (χ4v) is 3.89.